The van der Waals surface area contributed by atoms with Crippen molar-refractivity contribution in [2.45, 2.75) is 5.16 Å². The lowest BCUT2D eigenvalue weighted by Crippen LogP contribution is -2.15. The van der Waals surface area contributed by atoms with E-state index in [9.17, 15) is 19.7 Å². The monoisotopic (exact) mass is 414 g/mol. The molecule has 0 saturated heterocycles. The fraction of sp³-hybridized carbons (Fsp3) is 0.118. The van der Waals surface area contributed by atoms with Gasteiger partial charge in [0.25, 0.3) is 5.69 Å². The summed E-state index contributed by atoms with van der Waals surface area (Å²) >= 11 is 1.06. The average molecular weight is 414 g/mol. The molecule has 0 aliphatic heterocycles. The van der Waals surface area contributed by atoms with Crippen molar-refractivity contribution in [1.82, 2.24) is 20.2 Å². The number of aromatic nitrogens is 4. The van der Waals surface area contributed by atoms with Gasteiger partial charge in [0.2, 0.25) is 11.1 Å². The second kappa shape index (κ2) is 8.93. The van der Waals surface area contributed by atoms with Crippen LogP contribution in [-0.4, -0.2) is 49.9 Å². The van der Waals surface area contributed by atoms with E-state index in [1.165, 1.54) is 30.0 Å². The molecular formula is C17H14N6O5S. The van der Waals surface area contributed by atoms with Crippen LogP contribution in [0.25, 0.3) is 5.69 Å². The number of nitro benzene ring substituents is 1. The zero-order chi connectivity index (χ0) is 20.8. The van der Waals surface area contributed by atoms with E-state index in [1.807, 2.05) is 0 Å². The molecule has 0 spiro atoms. The van der Waals surface area contributed by atoms with Crippen LogP contribution < -0.4 is 5.32 Å². The van der Waals surface area contributed by atoms with E-state index in [-0.39, 0.29) is 17.1 Å². The maximum atomic E-state index is 12.2. The first-order valence-electron chi connectivity index (χ1n) is 8.13. The summed E-state index contributed by atoms with van der Waals surface area (Å²) in [6.07, 6.45) is 0. The third-order valence-corrected chi connectivity index (χ3v) is 4.60. The van der Waals surface area contributed by atoms with Gasteiger partial charge in [0, 0.05) is 6.07 Å². The van der Waals surface area contributed by atoms with Gasteiger partial charge in [-0.05, 0) is 40.8 Å². The smallest absolute Gasteiger partial charge is 0.337 e. The third-order valence-electron chi connectivity index (χ3n) is 3.68. The van der Waals surface area contributed by atoms with E-state index in [4.69, 9.17) is 0 Å². The van der Waals surface area contributed by atoms with Crippen LogP contribution >= 0.6 is 11.8 Å². The number of nitrogens with zero attached hydrogens (tertiary/aromatic N) is 5. The van der Waals surface area contributed by atoms with Crippen LogP contribution in [0.2, 0.25) is 0 Å². The zero-order valence-electron chi connectivity index (χ0n) is 15.0. The standard InChI is InChI=1S/C17H14N6O5S/c1-28-16(25)11-6-8-12(9-7-11)22-17(19-20-21-22)29-10-15(24)18-13-4-2-3-5-14(13)23(26)27/h2-9H,10H2,1H3,(H,18,24). The number of benzene rings is 2. The van der Waals surface area contributed by atoms with Crippen molar-refractivity contribution in [3.63, 3.8) is 0 Å². The van der Waals surface area contributed by atoms with Crippen LogP contribution in [0.4, 0.5) is 11.4 Å². The van der Waals surface area contributed by atoms with E-state index < -0.39 is 16.8 Å². The minimum absolute atomic E-state index is 0.0628. The minimum Gasteiger partial charge on any atom is -0.465 e. The molecule has 1 N–H and O–H groups in total. The Hall–Kier alpha value is -3.80. The van der Waals surface area contributed by atoms with Crippen molar-refractivity contribution in [3.05, 3.63) is 64.2 Å². The predicted octanol–water partition coefficient (Wildman–Crippen LogP) is 2.09. The van der Waals surface area contributed by atoms with Crippen molar-refractivity contribution in [2.24, 2.45) is 0 Å². The molecule has 0 radical (unpaired) electrons. The molecule has 29 heavy (non-hydrogen) atoms. The number of hydrogen-bond donors (Lipinski definition) is 1. The SMILES string of the molecule is COC(=O)c1ccc(-n2nnnc2SCC(=O)Nc2ccccc2[N+](=O)[O-])cc1. The van der Waals surface area contributed by atoms with Crippen molar-refractivity contribution in [3.8, 4) is 5.69 Å². The van der Waals surface area contributed by atoms with Gasteiger partial charge in [0.15, 0.2) is 0 Å². The maximum absolute atomic E-state index is 12.2. The van der Waals surface area contributed by atoms with Gasteiger partial charge in [-0.3, -0.25) is 14.9 Å². The normalized spacial score (nSPS) is 10.4. The molecule has 3 rings (SSSR count). The Labute approximate surface area is 168 Å². The summed E-state index contributed by atoms with van der Waals surface area (Å²) < 4.78 is 6.06. The molecule has 0 aliphatic carbocycles. The molecule has 12 heteroatoms. The number of esters is 1. The Morgan fingerprint density at radius 1 is 1.21 bits per heavy atom. The first kappa shape index (κ1) is 19.9. The van der Waals surface area contributed by atoms with Crippen molar-refractivity contribution >= 4 is 35.0 Å². The van der Waals surface area contributed by atoms with Gasteiger partial charge in [-0.1, -0.05) is 23.9 Å². The van der Waals surface area contributed by atoms with Gasteiger partial charge in [-0.2, -0.15) is 4.68 Å². The van der Waals surface area contributed by atoms with E-state index in [1.54, 1.807) is 30.3 Å². The first-order valence-corrected chi connectivity index (χ1v) is 9.11. The molecule has 0 atom stereocenters. The highest BCUT2D eigenvalue weighted by Crippen LogP contribution is 2.24. The molecular weight excluding hydrogens is 400 g/mol. The number of carbonyl (C=O) groups is 2. The van der Waals surface area contributed by atoms with E-state index in [0.717, 1.165) is 11.8 Å². The number of hydrogen-bond acceptors (Lipinski definition) is 9. The summed E-state index contributed by atoms with van der Waals surface area (Å²) in [6, 6.07) is 12.3. The minimum atomic E-state index is -0.568. The average Bonchev–Trinajstić information content (AvgIpc) is 3.20. The van der Waals surface area contributed by atoms with Crippen molar-refractivity contribution < 1.29 is 19.2 Å². The van der Waals surface area contributed by atoms with Crippen LogP contribution in [0.1, 0.15) is 10.4 Å². The number of ether oxygens (including phenoxy) is 1. The Bertz CT molecular complexity index is 1050. The second-order valence-electron chi connectivity index (χ2n) is 5.52. The Balaban J connectivity index is 1.67. The van der Waals surface area contributed by atoms with Gasteiger partial charge < -0.3 is 10.1 Å². The number of methoxy groups -OCH3 is 1. The van der Waals surface area contributed by atoms with Crippen LogP contribution in [0.5, 0.6) is 0 Å². The molecule has 1 heterocycles. The Morgan fingerprint density at radius 2 is 1.93 bits per heavy atom. The van der Waals surface area contributed by atoms with Crippen molar-refractivity contribution in [2.75, 3.05) is 18.2 Å². The second-order valence-corrected chi connectivity index (χ2v) is 6.47. The number of tetrazole rings is 1. The summed E-state index contributed by atoms with van der Waals surface area (Å²) in [7, 11) is 1.29. The van der Waals surface area contributed by atoms with Gasteiger partial charge >= 0.3 is 5.97 Å². The zero-order valence-corrected chi connectivity index (χ0v) is 15.8. The van der Waals surface area contributed by atoms with E-state index in [0.29, 0.717) is 16.4 Å². The van der Waals surface area contributed by atoms with Gasteiger partial charge in [0.1, 0.15) is 5.69 Å². The number of thioether (sulfide) groups is 1. The summed E-state index contributed by atoms with van der Waals surface area (Å²) in [5.41, 5.74) is 0.883. The Kier molecular flexibility index (Phi) is 6.14. The predicted molar refractivity (Wildman–Crippen MR) is 103 cm³/mol. The summed E-state index contributed by atoms with van der Waals surface area (Å²) in [4.78, 5) is 34.2. The van der Waals surface area contributed by atoms with Crippen LogP contribution in [0.3, 0.4) is 0 Å². The van der Waals surface area contributed by atoms with E-state index >= 15 is 0 Å². The van der Waals surface area contributed by atoms with Gasteiger partial charge in [0.05, 0.1) is 29.0 Å². The number of nitro groups is 1. The molecule has 0 saturated carbocycles. The number of para-hydroxylation sites is 2. The Morgan fingerprint density at radius 3 is 2.62 bits per heavy atom. The molecule has 1 aromatic heterocycles. The first-order chi connectivity index (χ1) is 14.0. The molecule has 1 amide bonds. The topological polar surface area (TPSA) is 142 Å². The number of amides is 1. The van der Waals surface area contributed by atoms with Crippen molar-refractivity contribution in [1.29, 1.82) is 0 Å². The molecule has 148 valence electrons. The number of nitrogens with one attached hydrogen (secondary N) is 1. The van der Waals surface area contributed by atoms with E-state index in [2.05, 4.69) is 25.6 Å². The highest BCUT2D eigenvalue weighted by atomic mass is 32.2. The fourth-order valence-corrected chi connectivity index (χ4v) is 3.03. The lowest BCUT2D eigenvalue weighted by atomic mass is 10.2. The highest BCUT2D eigenvalue weighted by Gasteiger charge is 2.17. The molecule has 11 nitrogen and oxygen atoms in total. The number of rotatable bonds is 7. The number of carbonyl (C=O) groups excluding carboxylic acids is 2. The number of anilines is 1. The van der Waals surface area contributed by atoms with Crippen LogP contribution in [-0.2, 0) is 9.53 Å². The highest BCUT2D eigenvalue weighted by molar-refractivity contribution is 7.99. The lowest BCUT2D eigenvalue weighted by Gasteiger charge is -2.07. The van der Waals surface area contributed by atoms with Crippen LogP contribution in [0, 0.1) is 10.1 Å². The quantitative estimate of drug-likeness (QED) is 0.266. The maximum Gasteiger partial charge on any atom is 0.337 e. The van der Waals surface area contributed by atoms with Crippen LogP contribution in [0.15, 0.2) is 53.7 Å². The lowest BCUT2D eigenvalue weighted by molar-refractivity contribution is -0.383. The summed E-state index contributed by atoms with van der Waals surface area (Å²) in [5, 5.41) is 25.2. The molecule has 3 aromatic rings. The summed E-state index contributed by atoms with van der Waals surface area (Å²) in [5.74, 6) is -0.971. The summed E-state index contributed by atoms with van der Waals surface area (Å²) in [6.45, 7) is 0. The molecule has 2 aromatic carbocycles. The van der Waals surface area contributed by atoms with Gasteiger partial charge in [-0.25, -0.2) is 4.79 Å². The molecule has 0 bridgehead atoms. The molecule has 0 fully saturated rings. The van der Waals surface area contributed by atoms with Gasteiger partial charge in [-0.15, -0.1) is 5.10 Å². The molecule has 0 aliphatic rings. The largest absolute Gasteiger partial charge is 0.465 e. The molecule has 0 unspecified atom stereocenters. The third kappa shape index (κ3) is 4.73. The fourth-order valence-electron chi connectivity index (χ4n) is 2.34.